The van der Waals surface area contributed by atoms with E-state index in [1.165, 1.54) is 0 Å². The van der Waals surface area contributed by atoms with Crippen molar-refractivity contribution < 1.29 is 19.1 Å². The number of carbonyl (C=O) groups is 2. The van der Waals surface area contributed by atoms with E-state index in [1.807, 2.05) is 41.5 Å². The molecule has 0 aromatic carbocycles. The lowest BCUT2D eigenvalue weighted by atomic mass is 9.92. The third-order valence-electron chi connectivity index (χ3n) is 3.81. The van der Waals surface area contributed by atoms with Crippen LogP contribution in [0.5, 0.6) is 0 Å². The van der Waals surface area contributed by atoms with Gasteiger partial charge in [-0.3, -0.25) is 4.90 Å². The fraction of sp³-hybridized carbons (Fsp3) is 0.882. The van der Waals surface area contributed by atoms with Gasteiger partial charge in [-0.25, -0.2) is 4.79 Å². The number of aldehydes is 1. The first-order valence-electron chi connectivity index (χ1n) is 8.04. The fourth-order valence-corrected chi connectivity index (χ4v) is 3.01. The Morgan fingerprint density at radius 2 is 1.86 bits per heavy atom. The molecule has 1 aliphatic heterocycles. The number of nitrogens with zero attached hydrogens (tertiary/aromatic N) is 1. The van der Waals surface area contributed by atoms with Crippen molar-refractivity contribution in [1.82, 2.24) is 4.90 Å². The molecule has 1 fully saturated rings. The Morgan fingerprint density at radius 1 is 1.32 bits per heavy atom. The van der Waals surface area contributed by atoms with Crippen LogP contribution in [0.15, 0.2) is 0 Å². The summed E-state index contributed by atoms with van der Waals surface area (Å²) in [5.74, 6) is 0.110. The molecular formula is C17H31NO4. The van der Waals surface area contributed by atoms with Gasteiger partial charge < -0.3 is 14.3 Å². The Balaban J connectivity index is 3.06. The molecule has 0 aromatic heterocycles. The topological polar surface area (TPSA) is 55.8 Å². The molecule has 5 nitrogen and oxygen atoms in total. The molecule has 0 radical (unpaired) electrons. The number of rotatable bonds is 4. The second-order valence-corrected chi connectivity index (χ2v) is 8.04. The molecule has 1 rings (SSSR count). The van der Waals surface area contributed by atoms with Gasteiger partial charge in [-0.15, -0.1) is 0 Å². The molecular weight excluding hydrogens is 282 g/mol. The standard InChI is InChI=1S/C17H31NO4/c1-11(2)14-13(9-12(3)10-19)21-17(7,8)18(14)15(20)22-16(4,5)6/h10-14H,9H2,1-8H3/t12-,13+,14-/m0/s1. The molecule has 1 amide bonds. The summed E-state index contributed by atoms with van der Waals surface area (Å²) in [6.45, 7) is 15.3. The highest BCUT2D eigenvalue weighted by Crippen LogP contribution is 2.39. The number of ether oxygens (including phenoxy) is 2. The lowest BCUT2D eigenvalue weighted by molar-refractivity contribution is -0.113. The van der Waals surface area contributed by atoms with Crippen molar-refractivity contribution in [3.05, 3.63) is 0 Å². The van der Waals surface area contributed by atoms with Crippen LogP contribution in [0.3, 0.4) is 0 Å². The Hall–Kier alpha value is -1.10. The summed E-state index contributed by atoms with van der Waals surface area (Å²) in [4.78, 5) is 25.3. The van der Waals surface area contributed by atoms with Crippen LogP contribution in [0.2, 0.25) is 0 Å². The van der Waals surface area contributed by atoms with Crippen LogP contribution in [-0.2, 0) is 14.3 Å². The number of hydrogen-bond donors (Lipinski definition) is 0. The maximum absolute atomic E-state index is 12.6. The van der Waals surface area contributed by atoms with Crippen molar-refractivity contribution in [3.8, 4) is 0 Å². The van der Waals surface area contributed by atoms with Crippen molar-refractivity contribution in [2.24, 2.45) is 11.8 Å². The van der Waals surface area contributed by atoms with Crippen molar-refractivity contribution in [3.63, 3.8) is 0 Å². The molecule has 1 saturated heterocycles. The molecule has 0 aromatic rings. The van der Waals surface area contributed by atoms with Gasteiger partial charge in [0, 0.05) is 5.92 Å². The molecule has 22 heavy (non-hydrogen) atoms. The van der Waals surface area contributed by atoms with Gasteiger partial charge in [0.05, 0.1) is 12.1 Å². The average Bonchev–Trinajstić information content (AvgIpc) is 2.57. The Kier molecular flexibility index (Phi) is 5.66. The third-order valence-corrected chi connectivity index (χ3v) is 3.81. The van der Waals surface area contributed by atoms with Gasteiger partial charge in [0.15, 0.2) is 0 Å². The van der Waals surface area contributed by atoms with E-state index in [0.717, 1.165) is 6.29 Å². The highest BCUT2D eigenvalue weighted by Gasteiger charge is 2.52. The first-order valence-corrected chi connectivity index (χ1v) is 8.04. The highest BCUT2D eigenvalue weighted by atomic mass is 16.6. The zero-order valence-corrected chi connectivity index (χ0v) is 15.2. The van der Waals surface area contributed by atoms with Gasteiger partial charge in [-0.1, -0.05) is 20.8 Å². The minimum absolute atomic E-state index is 0.0966. The maximum Gasteiger partial charge on any atom is 0.412 e. The van der Waals surface area contributed by atoms with Crippen molar-refractivity contribution in [1.29, 1.82) is 0 Å². The van der Waals surface area contributed by atoms with Crippen molar-refractivity contribution in [2.45, 2.75) is 85.3 Å². The molecule has 3 atom stereocenters. The predicted octanol–water partition coefficient (Wildman–Crippen LogP) is 3.61. The van der Waals surface area contributed by atoms with Crippen LogP contribution in [0.1, 0.15) is 61.8 Å². The highest BCUT2D eigenvalue weighted by molar-refractivity contribution is 5.70. The zero-order valence-electron chi connectivity index (χ0n) is 15.2. The van der Waals surface area contributed by atoms with Crippen LogP contribution in [0, 0.1) is 11.8 Å². The van der Waals surface area contributed by atoms with Gasteiger partial charge in [0.1, 0.15) is 17.6 Å². The summed E-state index contributed by atoms with van der Waals surface area (Å²) in [6, 6.07) is -0.104. The molecule has 0 saturated carbocycles. The van der Waals surface area contributed by atoms with Crippen LogP contribution in [0.4, 0.5) is 4.79 Å². The minimum Gasteiger partial charge on any atom is -0.444 e. The van der Waals surface area contributed by atoms with E-state index < -0.39 is 11.3 Å². The van der Waals surface area contributed by atoms with Crippen molar-refractivity contribution >= 4 is 12.4 Å². The number of amides is 1. The molecule has 0 bridgehead atoms. The SMILES string of the molecule is CC(C)[C@H]1[C@@H](C[C@H](C)C=O)OC(C)(C)N1C(=O)OC(C)(C)C. The van der Waals surface area contributed by atoms with Gasteiger partial charge in [-0.2, -0.15) is 0 Å². The molecule has 1 aliphatic rings. The largest absolute Gasteiger partial charge is 0.444 e. The minimum atomic E-state index is -0.745. The molecule has 0 spiro atoms. The fourth-order valence-electron chi connectivity index (χ4n) is 3.01. The first kappa shape index (κ1) is 18.9. The van der Waals surface area contributed by atoms with Gasteiger partial charge in [0.25, 0.3) is 0 Å². The van der Waals surface area contributed by atoms with Crippen LogP contribution < -0.4 is 0 Å². The normalized spacial score (nSPS) is 26.1. The summed E-state index contributed by atoms with van der Waals surface area (Å²) in [6.07, 6.45) is 1.01. The van der Waals surface area contributed by atoms with Gasteiger partial charge in [0.2, 0.25) is 0 Å². The Morgan fingerprint density at radius 3 is 2.27 bits per heavy atom. The van der Waals surface area contributed by atoms with E-state index in [4.69, 9.17) is 9.47 Å². The van der Waals surface area contributed by atoms with Gasteiger partial charge >= 0.3 is 6.09 Å². The van der Waals surface area contributed by atoms with E-state index in [2.05, 4.69) is 13.8 Å². The zero-order chi connectivity index (χ0) is 17.3. The summed E-state index contributed by atoms with van der Waals surface area (Å²) in [5.41, 5.74) is -1.30. The number of carbonyl (C=O) groups excluding carboxylic acids is 2. The van der Waals surface area contributed by atoms with Crippen LogP contribution in [-0.4, -0.2) is 40.8 Å². The first-order chi connectivity index (χ1) is 9.89. The third kappa shape index (κ3) is 4.45. The summed E-state index contributed by atoms with van der Waals surface area (Å²) in [7, 11) is 0. The summed E-state index contributed by atoms with van der Waals surface area (Å²) >= 11 is 0. The van der Waals surface area contributed by atoms with Gasteiger partial charge in [-0.05, 0) is 47.0 Å². The van der Waals surface area contributed by atoms with Crippen LogP contribution >= 0.6 is 0 Å². The van der Waals surface area contributed by atoms with Crippen LogP contribution in [0.25, 0.3) is 0 Å². The maximum atomic E-state index is 12.6. The second kappa shape index (κ2) is 6.57. The number of hydrogen-bond acceptors (Lipinski definition) is 4. The molecule has 128 valence electrons. The summed E-state index contributed by atoms with van der Waals surface area (Å²) in [5, 5.41) is 0. The molecule has 5 heteroatoms. The second-order valence-electron chi connectivity index (χ2n) is 8.04. The molecule has 0 aliphatic carbocycles. The van der Waals surface area contributed by atoms with E-state index in [-0.39, 0.29) is 30.1 Å². The monoisotopic (exact) mass is 313 g/mol. The Bertz CT molecular complexity index is 411. The lowest BCUT2D eigenvalue weighted by Crippen LogP contribution is -2.52. The van der Waals surface area contributed by atoms with E-state index in [0.29, 0.717) is 6.42 Å². The van der Waals surface area contributed by atoms with Crippen molar-refractivity contribution in [2.75, 3.05) is 0 Å². The lowest BCUT2D eigenvalue weighted by Gasteiger charge is -2.36. The Labute approximate surface area is 134 Å². The smallest absolute Gasteiger partial charge is 0.412 e. The molecule has 0 unspecified atom stereocenters. The van der Waals surface area contributed by atoms with E-state index in [9.17, 15) is 9.59 Å². The average molecular weight is 313 g/mol. The van der Waals surface area contributed by atoms with E-state index >= 15 is 0 Å². The summed E-state index contributed by atoms with van der Waals surface area (Å²) < 4.78 is 11.7. The predicted molar refractivity (Wildman–Crippen MR) is 85.5 cm³/mol. The molecule has 1 heterocycles. The molecule has 0 N–H and O–H groups in total. The quantitative estimate of drug-likeness (QED) is 0.744. The van der Waals surface area contributed by atoms with E-state index in [1.54, 1.807) is 4.90 Å².